The molecule has 0 heterocycles. The van der Waals surface area contributed by atoms with E-state index in [0.29, 0.717) is 8.46 Å². The number of hydrogen-bond donors (Lipinski definition) is 2. The van der Waals surface area contributed by atoms with Gasteiger partial charge in [0.15, 0.2) is 0 Å². The third kappa shape index (κ3) is 98.0. The lowest BCUT2D eigenvalue weighted by Crippen LogP contribution is -1.25. The molecule has 7 heavy (non-hydrogen) atoms. The van der Waals surface area contributed by atoms with E-state index in [2.05, 4.69) is 0 Å². The maximum absolute atomic E-state index is 7.00. The average Bonchev–Trinajstić information content (AvgIpc) is 1.75. The summed E-state index contributed by atoms with van der Waals surface area (Å²) in [6.45, 7) is 1.93. The van der Waals surface area contributed by atoms with E-state index < -0.39 is 0 Å². The van der Waals surface area contributed by atoms with E-state index in [-0.39, 0.29) is 0 Å². The Morgan fingerprint density at radius 2 is 2.00 bits per heavy atom. The lowest BCUT2D eigenvalue weighted by molar-refractivity contribution is 0.399. The Hall–Kier alpha value is 1.53. The Morgan fingerprint density at radius 3 is 2.00 bits per heavy atom. The van der Waals surface area contributed by atoms with Crippen molar-refractivity contribution in [1.29, 1.82) is 1.12 Å². The van der Waals surface area contributed by atoms with Crippen LogP contribution in [-0.2, 0) is 0 Å². The molecule has 5 heteroatoms. The quantitative estimate of drug-likeness (QED) is 0.287. The molecule has 0 aliphatic rings. The van der Waals surface area contributed by atoms with Crippen molar-refractivity contribution in [2.45, 2.75) is 0 Å². The van der Waals surface area contributed by atoms with Crippen LogP contribution < -0.4 is 0 Å². The molecular formula is C2H9BIOPS. The van der Waals surface area contributed by atoms with Crippen molar-refractivity contribution < 1.29 is 5.11 Å². The Balaban J connectivity index is -0.0000000483. The first-order valence-electron chi connectivity index (χ1n) is 1.80. The molecule has 2 radical (unpaired) electrons. The predicted molar refractivity (Wildman–Crippen MR) is 51.1 cm³/mol. The summed E-state index contributed by atoms with van der Waals surface area (Å²) in [6.07, 6.45) is 0. The molecule has 1 atom stereocenters. The molecule has 0 saturated heterocycles. The molecule has 0 aliphatic carbocycles. The van der Waals surface area contributed by atoms with Gasteiger partial charge in [0.2, 0.25) is 0 Å². The summed E-state index contributed by atoms with van der Waals surface area (Å²) in [6, 6.07) is 0. The number of thiol groups is 1. The zero-order valence-electron chi connectivity index (χ0n) is 5.31. The van der Waals surface area contributed by atoms with Crippen LogP contribution in [0.4, 0.5) is 0 Å². The SMILES string of the molecule is CO.[2H]SI.[B]PC. The van der Waals surface area contributed by atoms with E-state index in [4.69, 9.17) is 13.8 Å². The highest BCUT2D eigenvalue weighted by Crippen LogP contribution is 1.81. The number of halogens is 1. The van der Waals surface area contributed by atoms with Gasteiger partial charge in [0.1, 0.15) is 8.69 Å². The second kappa shape index (κ2) is 50.1. The van der Waals surface area contributed by atoms with E-state index in [1.165, 1.54) is 0 Å². The van der Waals surface area contributed by atoms with Gasteiger partial charge in [-0.15, -0.1) is 9.70 Å². The minimum Gasteiger partial charge on any atom is -0.400 e. The first kappa shape index (κ1) is 11.3. The van der Waals surface area contributed by atoms with E-state index in [1.54, 1.807) is 0 Å². The highest BCUT2D eigenvalue weighted by atomic mass is 127. The number of aliphatic hydroxyl groups excluding tert-OH is 1. The second-order valence-electron chi connectivity index (χ2n) is 0.289. The standard InChI is InChI=1S/CH4BP.CH4O.HIS/c1-3-2;2*1-2/h3H,1H3;2H,1H3;2H/i;;2D. The first-order chi connectivity index (χ1) is 3.83. The van der Waals surface area contributed by atoms with Crippen LogP contribution in [0.25, 0.3) is 0 Å². The molecule has 1 N–H and O–H groups in total. The van der Waals surface area contributed by atoms with Crippen molar-refractivity contribution in [3.63, 3.8) is 0 Å². The fraction of sp³-hybridized carbons (Fsp3) is 1.00. The fourth-order valence-electron chi connectivity index (χ4n) is 0. The second-order valence-corrected chi connectivity index (χ2v) is 0.866. The minimum absolute atomic E-state index is 0.583. The van der Waals surface area contributed by atoms with Crippen molar-refractivity contribution in [3.05, 3.63) is 0 Å². The van der Waals surface area contributed by atoms with Crippen LogP contribution in [0.2, 0.25) is 0 Å². The Labute approximate surface area is 66.9 Å². The molecular weight excluding hydrogens is 241 g/mol. The molecule has 0 bridgehead atoms. The third-order valence-electron chi connectivity index (χ3n) is 0. The number of aliphatic hydroxyl groups is 1. The summed E-state index contributed by atoms with van der Waals surface area (Å²) >= 11 is 1.87. The van der Waals surface area contributed by atoms with Gasteiger partial charge in [-0.05, 0) is 21.2 Å². The van der Waals surface area contributed by atoms with Crippen molar-refractivity contribution in [1.82, 2.24) is 0 Å². The van der Waals surface area contributed by atoms with Gasteiger partial charge in [0, 0.05) is 7.11 Å². The van der Waals surface area contributed by atoms with Crippen molar-refractivity contribution in [3.8, 4) is 0 Å². The summed E-state index contributed by atoms with van der Waals surface area (Å²) in [5.41, 5.74) is 0. The lowest BCUT2D eigenvalue weighted by Gasteiger charge is -1.49. The maximum atomic E-state index is 7.00. The maximum Gasteiger partial charge on any atom is 0.114 e. The Kier molecular flexibility index (Phi) is 81.2. The van der Waals surface area contributed by atoms with Crippen LogP contribution in [0.3, 0.4) is 0 Å². The summed E-state index contributed by atoms with van der Waals surface area (Å²) in [4.78, 5) is 0. The summed E-state index contributed by atoms with van der Waals surface area (Å²) in [7, 11) is 7.43. The van der Waals surface area contributed by atoms with Gasteiger partial charge < -0.3 is 5.11 Å². The van der Waals surface area contributed by atoms with Crippen molar-refractivity contribution in [2.24, 2.45) is 0 Å². The van der Waals surface area contributed by atoms with Crippen LogP contribution >= 0.6 is 39.4 Å². The van der Waals surface area contributed by atoms with Crippen molar-refractivity contribution in [2.75, 3.05) is 13.8 Å². The van der Waals surface area contributed by atoms with E-state index in [9.17, 15) is 0 Å². The summed E-state index contributed by atoms with van der Waals surface area (Å²) in [5, 5.41) is 7.00. The molecule has 1 nitrogen and oxygen atoms in total. The highest BCUT2D eigenvalue weighted by molar-refractivity contribution is 14.2. The Morgan fingerprint density at radius 1 is 2.00 bits per heavy atom. The molecule has 0 amide bonds. The zero-order chi connectivity index (χ0) is 7.41. The van der Waals surface area contributed by atoms with Gasteiger partial charge in [0.05, 0.1) is 0 Å². The molecule has 0 rings (SSSR count). The normalized spacial score (nSPS) is 7.71. The van der Waals surface area contributed by atoms with Crippen LogP contribution in [0.1, 0.15) is 0 Å². The topological polar surface area (TPSA) is 20.2 Å². The smallest absolute Gasteiger partial charge is 0.114 e. The molecule has 0 aliphatic heterocycles. The van der Waals surface area contributed by atoms with Crippen LogP contribution in [0, 0.1) is 0 Å². The van der Waals surface area contributed by atoms with E-state index in [0.717, 1.165) is 16.8 Å². The lowest BCUT2D eigenvalue weighted by atomic mass is 10.8. The molecule has 0 fully saturated rings. The van der Waals surface area contributed by atoms with Gasteiger partial charge in [-0.25, -0.2) is 0 Å². The molecule has 0 spiro atoms. The van der Waals surface area contributed by atoms with Crippen molar-refractivity contribution >= 4 is 46.9 Å². The van der Waals surface area contributed by atoms with Crippen LogP contribution in [0.15, 0.2) is 0 Å². The summed E-state index contributed by atoms with van der Waals surface area (Å²) in [5.74, 6) is 0. The number of hydrogen-bond acceptors (Lipinski definition) is 2. The third-order valence-corrected chi connectivity index (χ3v) is 0. The molecule has 0 saturated carbocycles. The molecule has 0 aromatic carbocycles. The zero-order valence-corrected chi connectivity index (χ0v) is 8.28. The summed E-state index contributed by atoms with van der Waals surface area (Å²) < 4.78 is 6.11. The van der Waals surface area contributed by atoms with E-state index >= 15 is 0 Å². The largest absolute Gasteiger partial charge is 0.400 e. The van der Waals surface area contributed by atoms with Gasteiger partial charge in [-0.3, -0.25) is 0 Å². The number of rotatable bonds is 0. The van der Waals surface area contributed by atoms with E-state index in [1.807, 2.05) is 27.9 Å². The monoisotopic (exact) mass is 251 g/mol. The Bertz CT molecular complexity index is 24.0. The van der Waals surface area contributed by atoms with Gasteiger partial charge >= 0.3 is 0 Å². The average molecular weight is 251 g/mol. The minimum atomic E-state index is 0.583. The predicted octanol–water partition coefficient (Wildman–Crippen LogP) is 1.25. The van der Waals surface area contributed by atoms with Crippen LogP contribution in [0.5, 0.6) is 0 Å². The molecule has 0 aromatic heterocycles. The first-order valence-corrected chi connectivity index (χ1v) is 5.92. The van der Waals surface area contributed by atoms with Gasteiger partial charge in [-0.1, -0.05) is 6.66 Å². The molecule has 1 unspecified atom stereocenters. The van der Waals surface area contributed by atoms with Crippen LogP contribution in [-0.4, -0.2) is 27.6 Å². The fourth-order valence-corrected chi connectivity index (χ4v) is 0. The molecule has 0 aromatic rings. The highest BCUT2D eigenvalue weighted by Gasteiger charge is 1.35. The van der Waals surface area contributed by atoms with Gasteiger partial charge in [-0.2, -0.15) is 8.46 Å². The molecule has 44 valence electrons. The van der Waals surface area contributed by atoms with Gasteiger partial charge in [0.25, 0.3) is 0 Å².